The van der Waals surface area contributed by atoms with Crippen LogP contribution in [0.2, 0.25) is 0 Å². The lowest BCUT2D eigenvalue weighted by Crippen LogP contribution is -2.31. The van der Waals surface area contributed by atoms with Crippen molar-refractivity contribution in [2.75, 3.05) is 0 Å². The van der Waals surface area contributed by atoms with Crippen molar-refractivity contribution in [3.63, 3.8) is 0 Å². The number of rotatable bonds is 5. The summed E-state index contributed by atoms with van der Waals surface area (Å²) in [6.07, 6.45) is 6.95. The predicted molar refractivity (Wildman–Crippen MR) is 77.7 cm³/mol. The first-order chi connectivity index (χ1) is 9.56. The molecule has 1 aromatic rings. The third-order valence-electron chi connectivity index (χ3n) is 4.28. The Kier molecular flexibility index (Phi) is 4.73. The summed E-state index contributed by atoms with van der Waals surface area (Å²) in [7, 11) is 1.82. The Balaban J connectivity index is 2.19. The van der Waals surface area contributed by atoms with Gasteiger partial charge in [-0.2, -0.15) is 5.10 Å². The molecule has 0 aliphatic heterocycles. The van der Waals surface area contributed by atoms with Crippen molar-refractivity contribution in [1.82, 2.24) is 9.78 Å². The maximum absolute atomic E-state index is 12.7. The highest BCUT2D eigenvalue weighted by Crippen LogP contribution is 2.32. The van der Waals surface area contributed by atoms with Gasteiger partial charge in [-0.15, -0.1) is 0 Å². The molecule has 4 heteroatoms. The van der Waals surface area contributed by atoms with Gasteiger partial charge in [0.15, 0.2) is 5.78 Å². The highest BCUT2D eigenvalue weighted by molar-refractivity contribution is 6.11. The molecule has 2 rings (SSSR count). The van der Waals surface area contributed by atoms with Crippen LogP contribution in [0.15, 0.2) is 6.20 Å². The van der Waals surface area contributed by atoms with Gasteiger partial charge in [0.1, 0.15) is 5.78 Å². The third kappa shape index (κ3) is 3.00. The summed E-state index contributed by atoms with van der Waals surface area (Å²) in [5, 5.41) is 4.31. The second-order valence-corrected chi connectivity index (χ2v) is 5.83. The largest absolute Gasteiger partial charge is 0.299 e. The number of carbonyl (C=O) groups excluding carboxylic acids is 2. The number of hydrogen-bond acceptors (Lipinski definition) is 3. The third-order valence-corrected chi connectivity index (χ3v) is 4.28. The molecule has 1 aliphatic rings. The smallest absolute Gasteiger partial charge is 0.176 e. The van der Waals surface area contributed by atoms with Crippen LogP contribution < -0.4 is 0 Å². The molecule has 2 unspecified atom stereocenters. The van der Waals surface area contributed by atoms with E-state index in [9.17, 15) is 9.59 Å². The van der Waals surface area contributed by atoms with Gasteiger partial charge in [-0.05, 0) is 25.2 Å². The van der Waals surface area contributed by atoms with E-state index in [4.69, 9.17) is 0 Å². The van der Waals surface area contributed by atoms with Gasteiger partial charge >= 0.3 is 0 Å². The molecule has 0 saturated heterocycles. The molecule has 0 N–H and O–H groups in total. The molecule has 1 aromatic heterocycles. The maximum Gasteiger partial charge on any atom is 0.176 e. The minimum atomic E-state index is -0.435. The van der Waals surface area contributed by atoms with Crippen molar-refractivity contribution < 1.29 is 9.59 Å². The molecule has 0 aromatic carbocycles. The predicted octanol–water partition coefficient (Wildman–Crippen LogP) is 2.95. The molecular formula is C16H24N2O2. The molecule has 2 atom stereocenters. The van der Waals surface area contributed by atoms with Crippen molar-refractivity contribution in [3.8, 4) is 0 Å². The number of carbonyl (C=O) groups is 2. The van der Waals surface area contributed by atoms with Gasteiger partial charge in [-0.3, -0.25) is 14.3 Å². The Morgan fingerprint density at radius 3 is 2.85 bits per heavy atom. The number of hydrogen-bond donors (Lipinski definition) is 0. The summed E-state index contributed by atoms with van der Waals surface area (Å²) >= 11 is 0. The zero-order chi connectivity index (χ0) is 14.7. The molecule has 4 nitrogen and oxygen atoms in total. The Hall–Kier alpha value is -1.45. The van der Waals surface area contributed by atoms with Crippen molar-refractivity contribution in [2.24, 2.45) is 18.9 Å². The second-order valence-electron chi connectivity index (χ2n) is 5.83. The second kappa shape index (κ2) is 6.33. The van der Waals surface area contributed by atoms with Crippen LogP contribution in [0.1, 0.15) is 62.0 Å². The van der Waals surface area contributed by atoms with Crippen LogP contribution in [0.25, 0.3) is 0 Å². The Morgan fingerprint density at radius 2 is 2.20 bits per heavy atom. The summed E-state index contributed by atoms with van der Waals surface area (Å²) in [5.41, 5.74) is 1.45. The molecule has 0 bridgehead atoms. The minimum Gasteiger partial charge on any atom is -0.299 e. The zero-order valence-corrected chi connectivity index (χ0v) is 12.7. The monoisotopic (exact) mass is 276 g/mol. The van der Waals surface area contributed by atoms with Crippen LogP contribution in [-0.2, 0) is 18.3 Å². The van der Waals surface area contributed by atoms with Crippen molar-refractivity contribution in [2.45, 2.75) is 52.4 Å². The van der Waals surface area contributed by atoms with Crippen LogP contribution in [-0.4, -0.2) is 21.3 Å². The van der Waals surface area contributed by atoms with E-state index in [2.05, 4.69) is 12.0 Å². The average Bonchev–Trinajstić information content (AvgIpc) is 2.81. The summed E-state index contributed by atoms with van der Waals surface area (Å²) in [6.45, 7) is 4.14. The first kappa shape index (κ1) is 14.9. The number of aryl methyl sites for hydroxylation is 2. The minimum absolute atomic E-state index is 0.0132. The van der Waals surface area contributed by atoms with Crippen molar-refractivity contribution in [3.05, 3.63) is 17.5 Å². The number of nitrogens with zero attached hydrogens (tertiary/aromatic N) is 2. The summed E-state index contributed by atoms with van der Waals surface area (Å²) in [4.78, 5) is 24.8. The lowest BCUT2D eigenvalue weighted by Gasteiger charge is -2.26. The highest BCUT2D eigenvalue weighted by atomic mass is 16.2. The Morgan fingerprint density at radius 1 is 1.45 bits per heavy atom. The molecule has 0 radical (unpaired) electrons. The van der Waals surface area contributed by atoms with Crippen LogP contribution >= 0.6 is 0 Å². The average molecular weight is 276 g/mol. The van der Waals surface area contributed by atoms with Gasteiger partial charge in [0.05, 0.1) is 17.2 Å². The van der Waals surface area contributed by atoms with Crippen LogP contribution in [0.3, 0.4) is 0 Å². The Labute approximate surface area is 120 Å². The normalized spacial score (nSPS) is 23.1. The lowest BCUT2D eigenvalue weighted by atomic mass is 9.75. The van der Waals surface area contributed by atoms with Crippen LogP contribution in [0.5, 0.6) is 0 Å². The highest BCUT2D eigenvalue weighted by Gasteiger charge is 2.35. The molecule has 1 saturated carbocycles. The first-order valence-corrected chi connectivity index (χ1v) is 7.66. The van der Waals surface area contributed by atoms with E-state index in [0.717, 1.165) is 37.8 Å². The molecule has 110 valence electrons. The van der Waals surface area contributed by atoms with E-state index in [1.807, 2.05) is 14.0 Å². The quantitative estimate of drug-likeness (QED) is 0.613. The fourth-order valence-corrected chi connectivity index (χ4v) is 3.22. The molecule has 0 amide bonds. The number of aromatic nitrogens is 2. The maximum atomic E-state index is 12.7. The molecular weight excluding hydrogens is 252 g/mol. The molecule has 0 spiro atoms. The van der Waals surface area contributed by atoms with E-state index in [1.165, 1.54) is 0 Å². The summed E-state index contributed by atoms with van der Waals surface area (Å²) < 4.78 is 1.67. The lowest BCUT2D eigenvalue weighted by molar-refractivity contribution is -0.124. The van der Waals surface area contributed by atoms with Gasteiger partial charge in [-0.1, -0.05) is 26.7 Å². The van der Waals surface area contributed by atoms with Crippen LogP contribution in [0.4, 0.5) is 0 Å². The number of Topliss-reactive ketones (excluding diaryl/α,β-unsaturated/α-hetero) is 2. The molecule has 20 heavy (non-hydrogen) atoms. The van der Waals surface area contributed by atoms with Gasteiger partial charge in [0, 0.05) is 19.7 Å². The van der Waals surface area contributed by atoms with Gasteiger partial charge in [0.2, 0.25) is 0 Å². The summed E-state index contributed by atoms with van der Waals surface area (Å²) in [5.74, 6) is 0.192. The van der Waals surface area contributed by atoms with Gasteiger partial charge < -0.3 is 0 Å². The van der Waals surface area contributed by atoms with E-state index in [-0.39, 0.29) is 11.6 Å². The van der Waals surface area contributed by atoms with Gasteiger partial charge in [0.25, 0.3) is 0 Å². The van der Waals surface area contributed by atoms with E-state index in [1.54, 1.807) is 10.9 Å². The van der Waals surface area contributed by atoms with Crippen molar-refractivity contribution >= 4 is 11.6 Å². The van der Waals surface area contributed by atoms with Crippen molar-refractivity contribution in [1.29, 1.82) is 0 Å². The number of ketones is 2. The standard InChI is InChI=1S/C16H24N2O2/c1-4-6-11-7-8-15(19)12(9-11)16(20)13-10-18(3)17-14(13)5-2/h10-12H,4-9H2,1-3H3. The first-order valence-electron chi connectivity index (χ1n) is 7.66. The fourth-order valence-electron chi connectivity index (χ4n) is 3.22. The van der Waals surface area contributed by atoms with Crippen LogP contribution in [0, 0.1) is 11.8 Å². The van der Waals surface area contributed by atoms with E-state index < -0.39 is 5.92 Å². The zero-order valence-electron chi connectivity index (χ0n) is 12.7. The molecule has 1 heterocycles. The topological polar surface area (TPSA) is 52.0 Å². The van der Waals surface area contributed by atoms with E-state index >= 15 is 0 Å². The molecule has 1 fully saturated rings. The Bertz CT molecular complexity index is 505. The van der Waals surface area contributed by atoms with Gasteiger partial charge in [-0.25, -0.2) is 0 Å². The fraction of sp³-hybridized carbons (Fsp3) is 0.688. The SMILES string of the molecule is CCCC1CCC(=O)C(C(=O)c2cn(C)nc2CC)C1. The van der Waals surface area contributed by atoms with E-state index in [0.29, 0.717) is 17.9 Å². The summed E-state index contributed by atoms with van der Waals surface area (Å²) in [6, 6.07) is 0. The molecule has 1 aliphatic carbocycles.